The van der Waals surface area contributed by atoms with Gasteiger partial charge in [-0.2, -0.15) is 0 Å². The Balaban J connectivity index is 2.27. The van der Waals surface area contributed by atoms with Gasteiger partial charge in [-0.25, -0.2) is 4.79 Å². The third-order valence-electron chi connectivity index (χ3n) is 6.37. The summed E-state index contributed by atoms with van der Waals surface area (Å²) < 4.78 is 0. The number of benzene rings is 1. The summed E-state index contributed by atoms with van der Waals surface area (Å²) in [4.78, 5) is 80.7. The minimum Gasteiger partial charge on any atom is -0.480 e. The fraction of sp³-hybridized carbons (Fsp3) is 0.423. The third kappa shape index (κ3) is 11.3. The van der Waals surface area contributed by atoms with E-state index >= 15 is 0 Å². The standard InChI is InChI=1S/C26H38N10O7/c27-15(5-3-9-32-26(30)31)22(39)35-18(10-13-12-33-16-6-2-1-4-14(13)16)23(40)36-19(11-21(29)38)24(41)34-17(25(42)43)7-8-20(28)37/h1-2,4,6,12,15,17-19,33H,3,5,7-11,27H2,(H2,28,37)(H2,29,38)(H,34,41)(H,35,39)(H,36,40)(H,42,43)(H4,30,31,32). The molecule has 0 aliphatic rings. The summed E-state index contributed by atoms with van der Waals surface area (Å²) in [6.07, 6.45) is 0.853. The number of amides is 5. The molecule has 2 rings (SSSR count). The maximum atomic E-state index is 13.5. The molecule has 0 saturated heterocycles. The first-order chi connectivity index (χ1) is 20.3. The Kier molecular flexibility index (Phi) is 12.9. The maximum absolute atomic E-state index is 13.5. The number of carbonyl (C=O) groups excluding carboxylic acids is 5. The molecule has 4 atom stereocenters. The second-order valence-electron chi connectivity index (χ2n) is 9.82. The van der Waals surface area contributed by atoms with Crippen LogP contribution in [0.15, 0.2) is 35.5 Å². The Bertz CT molecular complexity index is 1350. The first-order valence-corrected chi connectivity index (χ1v) is 13.3. The van der Waals surface area contributed by atoms with E-state index in [-0.39, 0.29) is 38.2 Å². The number of aromatic amines is 1. The highest BCUT2D eigenvalue weighted by molar-refractivity contribution is 5.96. The van der Waals surface area contributed by atoms with Gasteiger partial charge in [0.2, 0.25) is 29.5 Å². The number of guanidine groups is 1. The van der Waals surface area contributed by atoms with Gasteiger partial charge in [0.25, 0.3) is 0 Å². The second-order valence-corrected chi connectivity index (χ2v) is 9.82. The summed E-state index contributed by atoms with van der Waals surface area (Å²) in [6, 6.07) is 1.81. The number of aliphatic carboxylic acids is 1. The number of nitrogens with two attached hydrogens (primary N) is 5. The average molecular weight is 603 g/mol. The Morgan fingerprint density at radius 2 is 1.47 bits per heavy atom. The van der Waals surface area contributed by atoms with E-state index in [1.807, 2.05) is 18.2 Å². The highest BCUT2D eigenvalue weighted by atomic mass is 16.4. The molecule has 4 unspecified atom stereocenters. The van der Waals surface area contributed by atoms with Gasteiger partial charge >= 0.3 is 5.97 Å². The van der Waals surface area contributed by atoms with Crippen molar-refractivity contribution in [1.82, 2.24) is 20.9 Å². The zero-order chi connectivity index (χ0) is 32.1. The molecule has 43 heavy (non-hydrogen) atoms. The number of carboxylic acids is 1. The van der Waals surface area contributed by atoms with E-state index in [1.54, 1.807) is 12.3 Å². The van der Waals surface area contributed by atoms with Crippen molar-refractivity contribution in [3.63, 3.8) is 0 Å². The minimum atomic E-state index is -1.60. The lowest BCUT2D eigenvalue weighted by Gasteiger charge is -2.25. The van der Waals surface area contributed by atoms with Gasteiger partial charge < -0.3 is 54.7 Å². The fourth-order valence-electron chi connectivity index (χ4n) is 4.16. The number of nitrogens with one attached hydrogen (secondary N) is 4. The number of H-pyrrole nitrogens is 1. The summed E-state index contributed by atoms with van der Waals surface area (Å²) in [5.74, 6) is -5.90. The van der Waals surface area contributed by atoms with Gasteiger partial charge in [-0.15, -0.1) is 0 Å². The van der Waals surface area contributed by atoms with E-state index in [0.717, 1.165) is 10.9 Å². The summed E-state index contributed by atoms with van der Waals surface area (Å²) in [7, 11) is 0. The monoisotopic (exact) mass is 602 g/mol. The molecule has 1 heterocycles. The van der Waals surface area contributed by atoms with Gasteiger partial charge in [0.05, 0.1) is 12.5 Å². The molecule has 0 spiro atoms. The number of nitrogens with zero attached hydrogens (tertiary/aromatic N) is 1. The molecule has 17 heteroatoms. The number of rotatable bonds is 18. The zero-order valence-corrected chi connectivity index (χ0v) is 23.4. The minimum absolute atomic E-state index is 0.0381. The summed E-state index contributed by atoms with van der Waals surface area (Å²) in [6.45, 7) is 0.239. The molecule has 0 aliphatic heterocycles. The number of para-hydroxylation sites is 1. The van der Waals surface area contributed by atoms with Crippen molar-refractivity contribution in [3.8, 4) is 0 Å². The molecule has 17 nitrogen and oxygen atoms in total. The maximum Gasteiger partial charge on any atom is 0.326 e. The van der Waals surface area contributed by atoms with Crippen LogP contribution in [0.25, 0.3) is 10.9 Å². The van der Waals surface area contributed by atoms with Gasteiger partial charge in [-0.1, -0.05) is 18.2 Å². The number of hydrogen-bond donors (Lipinski definition) is 10. The second kappa shape index (κ2) is 16.3. The largest absolute Gasteiger partial charge is 0.480 e. The van der Waals surface area contributed by atoms with E-state index in [9.17, 15) is 33.9 Å². The van der Waals surface area contributed by atoms with Crippen LogP contribution in [0.2, 0.25) is 0 Å². The highest BCUT2D eigenvalue weighted by Crippen LogP contribution is 2.19. The SMILES string of the molecule is NC(=O)CCC(NC(=O)C(CC(N)=O)NC(=O)C(Cc1c[nH]c2ccccc12)NC(=O)C(N)CCCN=C(N)N)C(=O)O. The smallest absolute Gasteiger partial charge is 0.326 e. The van der Waals surface area contributed by atoms with Crippen LogP contribution in [0.1, 0.15) is 37.7 Å². The van der Waals surface area contributed by atoms with Crippen molar-refractivity contribution in [2.45, 2.75) is 62.7 Å². The lowest BCUT2D eigenvalue weighted by atomic mass is 10.0. The molecule has 0 saturated carbocycles. The lowest BCUT2D eigenvalue weighted by Crippen LogP contribution is -2.58. The molecule has 234 valence electrons. The first-order valence-electron chi connectivity index (χ1n) is 13.3. The van der Waals surface area contributed by atoms with Crippen LogP contribution in [0.5, 0.6) is 0 Å². The number of aromatic nitrogens is 1. The Hall–Kier alpha value is -5.19. The Labute approximate surface area is 246 Å². The van der Waals surface area contributed by atoms with Crippen molar-refractivity contribution in [3.05, 3.63) is 36.0 Å². The predicted molar refractivity (Wildman–Crippen MR) is 156 cm³/mol. The number of carbonyl (C=O) groups is 6. The third-order valence-corrected chi connectivity index (χ3v) is 6.37. The zero-order valence-electron chi connectivity index (χ0n) is 23.4. The molecule has 15 N–H and O–H groups in total. The summed E-state index contributed by atoms with van der Waals surface area (Å²) in [5, 5.41) is 17.4. The van der Waals surface area contributed by atoms with Gasteiger partial charge in [-0.05, 0) is 30.9 Å². The number of hydrogen-bond acceptors (Lipinski definition) is 8. The highest BCUT2D eigenvalue weighted by Gasteiger charge is 2.32. The van der Waals surface area contributed by atoms with Crippen molar-refractivity contribution in [2.24, 2.45) is 33.7 Å². The van der Waals surface area contributed by atoms with Crippen LogP contribution in [0, 0.1) is 0 Å². The van der Waals surface area contributed by atoms with Crippen LogP contribution in [0.4, 0.5) is 0 Å². The van der Waals surface area contributed by atoms with Crippen LogP contribution in [-0.2, 0) is 35.2 Å². The Morgan fingerprint density at radius 3 is 2.09 bits per heavy atom. The molecular weight excluding hydrogens is 564 g/mol. The molecule has 1 aromatic carbocycles. The molecule has 5 amide bonds. The first kappa shape index (κ1) is 34.0. The van der Waals surface area contributed by atoms with Gasteiger partial charge in [0.15, 0.2) is 5.96 Å². The molecule has 1 aromatic heterocycles. The molecule has 0 bridgehead atoms. The Morgan fingerprint density at radius 1 is 0.837 bits per heavy atom. The quantitative estimate of drug-likeness (QED) is 0.0462. The van der Waals surface area contributed by atoms with Crippen molar-refractivity contribution in [1.29, 1.82) is 0 Å². The number of primary amides is 2. The fourth-order valence-corrected chi connectivity index (χ4v) is 4.16. The number of fused-ring (bicyclic) bond motifs is 1. The molecular formula is C26H38N10O7. The lowest BCUT2D eigenvalue weighted by molar-refractivity contribution is -0.142. The van der Waals surface area contributed by atoms with E-state index in [2.05, 4.69) is 25.9 Å². The van der Waals surface area contributed by atoms with Gasteiger partial charge in [-0.3, -0.25) is 29.0 Å². The van der Waals surface area contributed by atoms with E-state index in [4.69, 9.17) is 28.7 Å². The van der Waals surface area contributed by atoms with E-state index in [0.29, 0.717) is 12.0 Å². The average Bonchev–Trinajstić information content (AvgIpc) is 3.34. The van der Waals surface area contributed by atoms with Crippen LogP contribution >= 0.6 is 0 Å². The molecule has 0 aliphatic carbocycles. The molecule has 2 aromatic rings. The van der Waals surface area contributed by atoms with E-state index in [1.165, 1.54) is 0 Å². The van der Waals surface area contributed by atoms with Crippen molar-refractivity contribution < 1.29 is 33.9 Å². The number of carboxylic acid groups (broad SMARTS) is 1. The number of aliphatic imine (C=N–C) groups is 1. The molecule has 0 radical (unpaired) electrons. The van der Waals surface area contributed by atoms with Crippen molar-refractivity contribution >= 4 is 52.4 Å². The normalized spacial score (nSPS) is 13.6. The van der Waals surface area contributed by atoms with Crippen LogP contribution < -0.4 is 44.6 Å². The summed E-state index contributed by atoms with van der Waals surface area (Å²) in [5.41, 5.74) is 28.4. The molecule has 0 fully saturated rings. The van der Waals surface area contributed by atoms with Gasteiger partial charge in [0.1, 0.15) is 18.1 Å². The van der Waals surface area contributed by atoms with E-state index < -0.39 is 66.1 Å². The van der Waals surface area contributed by atoms with Crippen molar-refractivity contribution in [2.75, 3.05) is 6.54 Å². The topological polar surface area (TPSA) is 317 Å². The van der Waals surface area contributed by atoms with Crippen LogP contribution in [-0.4, -0.2) is 82.3 Å². The predicted octanol–water partition coefficient (Wildman–Crippen LogP) is -3.23. The van der Waals surface area contributed by atoms with Crippen LogP contribution in [0.3, 0.4) is 0 Å². The van der Waals surface area contributed by atoms with Gasteiger partial charge in [0, 0.05) is 36.5 Å². The summed E-state index contributed by atoms with van der Waals surface area (Å²) >= 11 is 0.